The number of nitrogens with zero attached hydrogens (tertiary/aromatic N) is 3. The molecule has 0 fully saturated rings. The smallest absolute Gasteiger partial charge is 0.355 e. The van der Waals surface area contributed by atoms with Gasteiger partial charge in [-0.3, -0.25) is 14.6 Å². The number of esters is 1. The number of pyridine rings is 1. The lowest BCUT2D eigenvalue weighted by Gasteiger charge is -2.22. The molecule has 3 rings (SSSR count). The number of amides is 1. The number of benzene rings is 1. The van der Waals surface area contributed by atoms with Crippen molar-refractivity contribution in [1.82, 2.24) is 14.5 Å². The Kier molecular flexibility index (Phi) is 7.94. The SMILES string of the molecule is CCOC(=O)c1c(C)c(C(=O)CN(CCc2ccccn2)C(=O)c2cccc(F)c2)c(C)n1C. The summed E-state index contributed by atoms with van der Waals surface area (Å²) in [4.78, 5) is 44.7. The molecule has 0 saturated heterocycles. The van der Waals surface area contributed by atoms with Crippen LogP contribution in [0.5, 0.6) is 0 Å². The molecule has 2 heterocycles. The third-order valence-electron chi connectivity index (χ3n) is 5.74. The number of aromatic nitrogens is 2. The van der Waals surface area contributed by atoms with E-state index in [1.807, 2.05) is 12.1 Å². The lowest BCUT2D eigenvalue weighted by atomic mass is 10.0. The standard InChI is InChI=1S/C26H28FN3O4/c1-5-34-26(33)24-17(2)23(18(3)29(24)4)22(31)16-30(14-12-21-11-6-7-13-28-21)25(32)19-9-8-10-20(27)15-19/h6-11,13,15H,5,12,14,16H2,1-4H3. The minimum absolute atomic E-state index is 0.155. The molecular formula is C26H28FN3O4. The molecule has 0 saturated carbocycles. The molecule has 8 heteroatoms. The lowest BCUT2D eigenvalue weighted by Crippen LogP contribution is -2.37. The van der Waals surface area contributed by atoms with E-state index in [9.17, 15) is 18.8 Å². The van der Waals surface area contributed by atoms with Gasteiger partial charge in [0.25, 0.3) is 5.91 Å². The van der Waals surface area contributed by atoms with Crippen molar-refractivity contribution >= 4 is 17.7 Å². The number of rotatable bonds is 9. The first-order chi connectivity index (χ1) is 16.2. The number of carbonyl (C=O) groups is 3. The van der Waals surface area contributed by atoms with E-state index in [2.05, 4.69) is 4.98 Å². The Morgan fingerprint density at radius 1 is 1.12 bits per heavy atom. The topological polar surface area (TPSA) is 81.5 Å². The predicted octanol–water partition coefficient (Wildman–Crippen LogP) is 3.92. The summed E-state index contributed by atoms with van der Waals surface area (Å²) in [7, 11) is 1.70. The average molecular weight is 466 g/mol. The molecule has 7 nitrogen and oxygen atoms in total. The summed E-state index contributed by atoms with van der Waals surface area (Å²) >= 11 is 0. The third-order valence-corrected chi connectivity index (χ3v) is 5.74. The van der Waals surface area contributed by atoms with E-state index < -0.39 is 17.7 Å². The van der Waals surface area contributed by atoms with Gasteiger partial charge >= 0.3 is 5.97 Å². The van der Waals surface area contributed by atoms with Crippen LogP contribution in [0.1, 0.15) is 55.1 Å². The van der Waals surface area contributed by atoms with Gasteiger partial charge in [-0.2, -0.15) is 0 Å². The summed E-state index contributed by atoms with van der Waals surface area (Å²) < 4.78 is 20.5. The van der Waals surface area contributed by atoms with Crippen molar-refractivity contribution in [2.75, 3.05) is 19.7 Å². The fourth-order valence-electron chi connectivity index (χ4n) is 3.98. The summed E-state index contributed by atoms with van der Waals surface area (Å²) in [5, 5.41) is 0. The highest BCUT2D eigenvalue weighted by atomic mass is 19.1. The van der Waals surface area contributed by atoms with E-state index in [0.717, 1.165) is 11.8 Å². The first kappa shape index (κ1) is 24.8. The van der Waals surface area contributed by atoms with Crippen molar-refractivity contribution in [3.8, 4) is 0 Å². The van der Waals surface area contributed by atoms with E-state index in [-0.39, 0.29) is 31.0 Å². The molecule has 1 aromatic carbocycles. The molecule has 1 amide bonds. The molecule has 0 aliphatic rings. The van der Waals surface area contributed by atoms with Gasteiger partial charge in [0, 0.05) is 48.7 Å². The number of halogens is 1. The molecule has 2 aromatic heterocycles. The number of carbonyl (C=O) groups excluding carboxylic acids is 3. The number of Topliss-reactive ketones (excluding diaryl/α,β-unsaturated/α-hetero) is 1. The maximum atomic E-state index is 13.8. The van der Waals surface area contributed by atoms with E-state index in [1.54, 1.807) is 44.6 Å². The molecule has 0 N–H and O–H groups in total. The Bertz CT molecular complexity index is 1200. The van der Waals surface area contributed by atoms with Crippen molar-refractivity contribution in [3.63, 3.8) is 0 Å². The Balaban J connectivity index is 1.91. The highest BCUT2D eigenvalue weighted by Crippen LogP contribution is 2.23. The van der Waals surface area contributed by atoms with Crippen LogP contribution in [0.25, 0.3) is 0 Å². The zero-order valence-corrected chi connectivity index (χ0v) is 19.8. The minimum atomic E-state index is -0.532. The molecule has 34 heavy (non-hydrogen) atoms. The van der Waals surface area contributed by atoms with Crippen LogP contribution in [0.3, 0.4) is 0 Å². The molecule has 0 spiro atoms. The molecule has 0 aliphatic carbocycles. The molecule has 0 radical (unpaired) electrons. The zero-order chi connectivity index (χ0) is 24.8. The first-order valence-electron chi connectivity index (χ1n) is 11.1. The van der Waals surface area contributed by atoms with Gasteiger partial charge in [0.05, 0.1) is 13.2 Å². The molecule has 178 valence electrons. The zero-order valence-electron chi connectivity index (χ0n) is 19.8. The van der Waals surface area contributed by atoms with Gasteiger partial charge in [0.15, 0.2) is 5.78 Å². The predicted molar refractivity (Wildman–Crippen MR) is 125 cm³/mol. The number of hydrogen-bond acceptors (Lipinski definition) is 5. The van der Waals surface area contributed by atoms with Crippen molar-refractivity contribution in [1.29, 1.82) is 0 Å². The second kappa shape index (κ2) is 10.9. The third kappa shape index (κ3) is 5.39. The van der Waals surface area contributed by atoms with Crippen LogP contribution in [-0.2, 0) is 18.2 Å². The van der Waals surface area contributed by atoms with Crippen LogP contribution in [0.2, 0.25) is 0 Å². The van der Waals surface area contributed by atoms with Gasteiger partial charge in [-0.1, -0.05) is 12.1 Å². The van der Waals surface area contributed by atoms with Crippen LogP contribution in [-0.4, -0.2) is 51.8 Å². The molecule has 0 aliphatic heterocycles. The summed E-state index contributed by atoms with van der Waals surface area (Å²) in [6.45, 7) is 5.36. The maximum absolute atomic E-state index is 13.8. The molecule has 3 aromatic rings. The highest BCUT2D eigenvalue weighted by Gasteiger charge is 2.28. The summed E-state index contributed by atoms with van der Waals surface area (Å²) in [6, 6.07) is 10.9. The number of hydrogen-bond donors (Lipinski definition) is 0. The Morgan fingerprint density at radius 2 is 1.88 bits per heavy atom. The van der Waals surface area contributed by atoms with E-state index in [4.69, 9.17) is 4.74 Å². The normalized spacial score (nSPS) is 10.7. The van der Waals surface area contributed by atoms with Crippen LogP contribution < -0.4 is 0 Å². The first-order valence-corrected chi connectivity index (χ1v) is 11.1. The van der Waals surface area contributed by atoms with Crippen LogP contribution in [0.15, 0.2) is 48.7 Å². The summed E-state index contributed by atoms with van der Waals surface area (Å²) in [5.74, 6) is -1.81. The lowest BCUT2D eigenvalue weighted by molar-refractivity contribution is 0.0514. The van der Waals surface area contributed by atoms with Gasteiger partial charge in [-0.25, -0.2) is 9.18 Å². The number of ether oxygens (including phenoxy) is 1. The van der Waals surface area contributed by atoms with Crippen molar-refractivity contribution in [2.45, 2.75) is 27.2 Å². The average Bonchev–Trinajstić information content (AvgIpc) is 3.04. The van der Waals surface area contributed by atoms with Crippen molar-refractivity contribution in [3.05, 3.63) is 88.3 Å². The fraction of sp³-hybridized carbons (Fsp3) is 0.308. The molecule has 0 bridgehead atoms. The Morgan fingerprint density at radius 3 is 2.53 bits per heavy atom. The van der Waals surface area contributed by atoms with Gasteiger partial charge in [-0.15, -0.1) is 0 Å². The maximum Gasteiger partial charge on any atom is 0.355 e. The summed E-state index contributed by atoms with van der Waals surface area (Å²) in [5.41, 5.74) is 2.71. The second-order valence-corrected chi connectivity index (χ2v) is 7.94. The number of ketones is 1. The van der Waals surface area contributed by atoms with Gasteiger partial charge in [-0.05, 0) is 56.7 Å². The quantitative estimate of drug-likeness (QED) is 0.353. The monoisotopic (exact) mass is 465 g/mol. The van der Waals surface area contributed by atoms with Crippen LogP contribution >= 0.6 is 0 Å². The molecule has 0 unspecified atom stereocenters. The van der Waals surface area contributed by atoms with Crippen LogP contribution in [0, 0.1) is 19.7 Å². The van der Waals surface area contributed by atoms with Crippen molar-refractivity contribution in [2.24, 2.45) is 7.05 Å². The van der Waals surface area contributed by atoms with Crippen molar-refractivity contribution < 1.29 is 23.5 Å². The largest absolute Gasteiger partial charge is 0.461 e. The van der Waals surface area contributed by atoms with Gasteiger partial charge in [0.2, 0.25) is 0 Å². The van der Waals surface area contributed by atoms with Gasteiger partial charge < -0.3 is 14.2 Å². The van der Waals surface area contributed by atoms with E-state index in [0.29, 0.717) is 28.9 Å². The van der Waals surface area contributed by atoms with Gasteiger partial charge in [0.1, 0.15) is 11.5 Å². The molecular weight excluding hydrogens is 437 g/mol. The Labute approximate surface area is 198 Å². The second-order valence-electron chi connectivity index (χ2n) is 7.94. The summed E-state index contributed by atoms with van der Waals surface area (Å²) in [6.07, 6.45) is 2.09. The fourth-order valence-corrected chi connectivity index (χ4v) is 3.98. The highest BCUT2D eigenvalue weighted by molar-refractivity contribution is 6.06. The Hall–Kier alpha value is -3.81. The van der Waals surface area contributed by atoms with E-state index in [1.165, 1.54) is 23.1 Å². The van der Waals surface area contributed by atoms with E-state index >= 15 is 0 Å². The van der Waals surface area contributed by atoms with Crippen LogP contribution in [0.4, 0.5) is 4.39 Å². The minimum Gasteiger partial charge on any atom is -0.461 e. The molecule has 0 atom stereocenters.